The van der Waals surface area contributed by atoms with E-state index in [2.05, 4.69) is 11.9 Å². The van der Waals surface area contributed by atoms with Crippen molar-refractivity contribution >= 4 is 17.5 Å². The number of rotatable bonds is 11. The molecule has 2 rings (SSSR count). The van der Waals surface area contributed by atoms with Crippen LogP contribution in [0, 0.1) is 19.3 Å². The zero-order valence-corrected chi connectivity index (χ0v) is 22.2. The van der Waals surface area contributed by atoms with Gasteiger partial charge >= 0.3 is 11.9 Å². The third-order valence-corrected chi connectivity index (χ3v) is 6.46. The number of cyclic esters (lactones) is 1. The molecule has 33 heavy (non-hydrogen) atoms. The number of hydrogen-bond donors (Lipinski definition) is 1. The van der Waals surface area contributed by atoms with Gasteiger partial charge in [0.05, 0.1) is 5.41 Å². The van der Waals surface area contributed by atoms with E-state index >= 15 is 0 Å². The van der Waals surface area contributed by atoms with Gasteiger partial charge in [0.15, 0.2) is 0 Å². The van der Waals surface area contributed by atoms with E-state index in [1.165, 1.54) is 38.5 Å². The highest BCUT2D eigenvalue weighted by atomic mass is 16.6. The molecule has 1 aliphatic rings. The molecule has 1 aliphatic heterocycles. The highest BCUT2D eigenvalue weighted by molar-refractivity contribution is 5.92. The van der Waals surface area contributed by atoms with E-state index in [9.17, 15) is 9.59 Å². The second-order valence-corrected chi connectivity index (χ2v) is 11.2. The van der Waals surface area contributed by atoms with Gasteiger partial charge in [0.1, 0.15) is 17.1 Å². The average Bonchev–Trinajstić information content (AvgIpc) is 3.15. The molecule has 186 valence electrons. The second-order valence-electron chi connectivity index (χ2n) is 11.2. The first-order chi connectivity index (χ1) is 15.4. The Morgan fingerprint density at radius 2 is 1.52 bits per heavy atom. The standard InChI is InChI=1S/C28H45NO4/c1-9-10-11-12-13-14-15-16-17-21(22-18-28(7,8)26(31)32-22)23-19(2)20(3)24(29-23)25(30)33-27(4,5)6/h29H,9-18H2,1-8H3/b22-21+. The molecule has 0 spiro atoms. The number of H-pyrrole nitrogens is 1. The van der Waals surface area contributed by atoms with Crippen LogP contribution in [0.5, 0.6) is 0 Å². The van der Waals surface area contributed by atoms with E-state index in [0.717, 1.165) is 47.4 Å². The van der Waals surface area contributed by atoms with E-state index < -0.39 is 11.0 Å². The lowest BCUT2D eigenvalue weighted by atomic mass is 9.88. The molecule has 1 fully saturated rings. The molecule has 0 amide bonds. The van der Waals surface area contributed by atoms with Crippen molar-refractivity contribution in [3.63, 3.8) is 0 Å². The van der Waals surface area contributed by atoms with Gasteiger partial charge in [-0.05, 0) is 72.4 Å². The van der Waals surface area contributed by atoms with Crippen LogP contribution in [0.1, 0.15) is 133 Å². The molecule has 0 saturated carbocycles. The van der Waals surface area contributed by atoms with Gasteiger partial charge < -0.3 is 14.5 Å². The van der Waals surface area contributed by atoms with Gasteiger partial charge in [-0.15, -0.1) is 0 Å². The summed E-state index contributed by atoms with van der Waals surface area (Å²) in [7, 11) is 0. The van der Waals surface area contributed by atoms with Gasteiger partial charge in [0.2, 0.25) is 0 Å². The fraction of sp³-hybridized carbons (Fsp3) is 0.714. The summed E-state index contributed by atoms with van der Waals surface area (Å²) in [4.78, 5) is 28.6. The quantitative estimate of drug-likeness (QED) is 0.271. The molecule has 1 aromatic rings. The lowest BCUT2D eigenvalue weighted by Crippen LogP contribution is -2.24. The lowest BCUT2D eigenvalue weighted by Gasteiger charge is -2.19. The zero-order valence-electron chi connectivity index (χ0n) is 22.2. The minimum absolute atomic E-state index is 0.181. The van der Waals surface area contributed by atoms with E-state index in [4.69, 9.17) is 9.47 Å². The van der Waals surface area contributed by atoms with Crippen LogP contribution in [-0.4, -0.2) is 22.5 Å². The van der Waals surface area contributed by atoms with Gasteiger partial charge in [-0.3, -0.25) is 4.79 Å². The first-order valence-electron chi connectivity index (χ1n) is 12.7. The molecule has 0 bridgehead atoms. The first kappa shape index (κ1) is 27.2. The van der Waals surface area contributed by atoms with Gasteiger partial charge in [-0.1, -0.05) is 51.9 Å². The minimum atomic E-state index is -0.563. The third kappa shape index (κ3) is 7.48. The predicted molar refractivity (Wildman–Crippen MR) is 134 cm³/mol. The number of carbonyl (C=O) groups excluding carboxylic acids is 2. The third-order valence-electron chi connectivity index (χ3n) is 6.46. The summed E-state index contributed by atoms with van der Waals surface area (Å²) in [5.41, 5.74) is 3.22. The predicted octanol–water partition coefficient (Wildman–Crippen LogP) is 7.80. The van der Waals surface area contributed by atoms with Gasteiger partial charge in [0.25, 0.3) is 0 Å². The lowest BCUT2D eigenvalue weighted by molar-refractivity contribution is -0.142. The van der Waals surface area contributed by atoms with Crippen molar-refractivity contribution in [2.75, 3.05) is 0 Å². The van der Waals surface area contributed by atoms with E-state index in [1.54, 1.807) is 0 Å². The highest BCUT2D eigenvalue weighted by Crippen LogP contribution is 2.41. The van der Waals surface area contributed by atoms with Crippen molar-refractivity contribution in [3.8, 4) is 0 Å². The monoisotopic (exact) mass is 459 g/mol. The molecular weight excluding hydrogens is 414 g/mol. The number of aromatic amines is 1. The smallest absolute Gasteiger partial charge is 0.355 e. The maximum Gasteiger partial charge on any atom is 0.355 e. The van der Waals surface area contributed by atoms with Crippen LogP contribution in [-0.2, 0) is 14.3 Å². The van der Waals surface area contributed by atoms with Crippen LogP contribution in [0.2, 0.25) is 0 Å². The summed E-state index contributed by atoms with van der Waals surface area (Å²) in [6.45, 7) is 15.7. The summed E-state index contributed by atoms with van der Waals surface area (Å²) in [5, 5.41) is 0. The van der Waals surface area contributed by atoms with Crippen LogP contribution >= 0.6 is 0 Å². The Balaban J connectivity index is 2.24. The minimum Gasteiger partial charge on any atom is -0.455 e. The summed E-state index contributed by atoms with van der Waals surface area (Å²) in [6.07, 6.45) is 11.3. The number of carbonyl (C=O) groups is 2. The Labute approximate surface area is 200 Å². The topological polar surface area (TPSA) is 68.4 Å². The van der Waals surface area contributed by atoms with Gasteiger partial charge in [-0.25, -0.2) is 4.79 Å². The van der Waals surface area contributed by atoms with Crippen molar-refractivity contribution in [1.29, 1.82) is 0 Å². The number of hydrogen-bond acceptors (Lipinski definition) is 4. The highest BCUT2D eigenvalue weighted by Gasteiger charge is 2.40. The molecular formula is C28H45NO4. The maximum atomic E-state index is 12.8. The molecule has 0 aromatic carbocycles. The van der Waals surface area contributed by atoms with Crippen molar-refractivity contribution in [1.82, 2.24) is 4.98 Å². The van der Waals surface area contributed by atoms with Crippen molar-refractivity contribution < 1.29 is 19.1 Å². The molecule has 2 heterocycles. The van der Waals surface area contributed by atoms with Crippen LogP contribution in [0.4, 0.5) is 0 Å². The van der Waals surface area contributed by atoms with Crippen LogP contribution in [0.3, 0.4) is 0 Å². The number of allylic oxidation sites excluding steroid dienone is 2. The Kier molecular flexibility index (Phi) is 9.39. The number of esters is 2. The Bertz CT molecular complexity index is 867. The fourth-order valence-corrected chi connectivity index (χ4v) is 4.29. The largest absolute Gasteiger partial charge is 0.455 e. The van der Waals surface area contributed by atoms with Crippen molar-refractivity contribution in [3.05, 3.63) is 28.3 Å². The number of nitrogens with one attached hydrogen (secondary N) is 1. The molecule has 0 radical (unpaired) electrons. The van der Waals surface area contributed by atoms with Crippen molar-refractivity contribution in [2.24, 2.45) is 5.41 Å². The van der Waals surface area contributed by atoms with Gasteiger partial charge in [0, 0.05) is 17.7 Å². The average molecular weight is 460 g/mol. The maximum absolute atomic E-state index is 12.8. The Hall–Kier alpha value is -2.04. The Morgan fingerprint density at radius 3 is 2.03 bits per heavy atom. The van der Waals surface area contributed by atoms with Crippen molar-refractivity contribution in [2.45, 2.75) is 125 Å². The molecule has 0 unspecified atom stereocenters. The molecule has 5 heteroatoms. The summed E-state index contributed by atoms with van der Waals surface area (Å²) >= 11 is 0. The SMILES string of the molecule is CCCCCCCCCC/C(=C1/CC(C)(C)C(=O)O1)c1[nH]c(C(=O)OC(C)(C)C)c(C)c1C. The summed E-state index contributed by atoms with van der Waals surface area (Å²) < 4.78 is 11.4. The molecule has 1 N–H and O–H groups in total. The second kappa shape index (κ2) is 11.4. The number of ether oxygens (including phenoxy) is 2. The Morgan fingerprint density at radius 1 is 0.970 bits per heavy atom. The van der Waals surface area contributed by atoms with E-state index in [-0.39, 0.29) is 11.9 Å². The molecule has 1 saturated heterocycles. The fourth-order valence-electron chi connectivity index (χ4n) is 4.29. The van der Waals surface area contributed by atoms with E-state index in [0.29, 0.717) is 12.1 Å². The zero-order chi connectivity index (χ0) is 24.8. The summed E-state index contributed by atoms with van der Waals surface area (Å²) in [6, 6.07) is 0. The summed E-state index contributed by atoms with van der Waals surface area (Å²) in [5.74, 6) is 0.210. The molecule has 0 atom stereocenters. The van der Waals surface area contributed by atoms with Gasteiger partial charge in [-0.2, -0.15) is 0 Å². The van der Waals surface area contributed by atoms with Crippen LogP contribution < -0.4 is 0 Å². The van der Waals surface area contributed by atoms with E-state index in [1.807, 2.05) is 48.5 Å². The van der Waals surface area contributed by atoms with Crippen LogP contribution in [0.15, 0.2) is 5.76 Å². The van der Waals surface area contributed by atoms with Crippen LogP contribution in [0.25, 0.3) is 5.57 Å². The molecule has 5 nitrogen and oxygen atoms in total. The first-order valence-corrected chi connectivity index (χ1v) is 12.7. The molecule has 1 aromatic heterocycles. The normalized spacial score (nSPS) is 17.3. The number of aromatic nitrogens is 1. The molecule has 0 aliphatic carbocycles. The number of unbranched alkanes of at least 4 members (excludes halogenated alkanes) is 7.